The van der Waals surface area contributed by atoms with E-state index in [4.69, 9.17) is 9.47 Å². The summed E-state index contributed by atoms with van der Waals surface area (Å²) in [6, 6.07) is 11.7. The summed E-state index contributed by atoms with van der Waals surface area (Å²) in [4.78, 5) is 54.0. The third-order valence-electron chi connectivity index (χ3n) is 6.43. The number of benzene rings is 2. The molecule has 2 aromatic carbocycles. The molecule has 2 heterocycles. The number of amides is 4. The first-order valence-corrected chi connectivity index (χ1v) is 12.5. The Bertz CT molecular complexity index is 1180. The molecule has 4 amide bonds. The van der Waals surface area contributed by atoms with E-state index in [1.165, 1.54) is 4.90 Å². The highest BCUT2D eigenvalue weighted by Crippen LogP contribution is 2.39. The highest BCUT2D eigenvalue weighted by Gasteiger charge is 2.42. The molecule has 0 unspecified atom stereocenters. The molecule has 0 bridgehead atoms. The van der Waals surface area contributed by atoms with E-state index in [0.29, 0.717) is 49.3 Å². The van der Waals surface area contributed by atoms with Gasteiger partial charge in [-0.2, -0.15) is 0 Å². The molecule has 0 saturated heterocycles. The van der Waals surface area contributed by atoms with E-state index in [1.807, 2.05) is 18.2 Å². The lowest BCUT2D eigenvalue weighted by molar-refractivity contribution is -0.120. The van der Waals surface area contributed by atoms with Gasteiger partial charge in [0.15, 0.2) is 0 Å². The fraction of sp³-hybridized carbons (Fsp3) is 0.429. The summed E-state index contributed by atoms with van der Waals surface area (Å²) in [5, 5.41) is 2.59. The van der Waals surface area contributed by atoms with Crippen LogP contribution in [0.3, 0.4) is 0 Å². The van der Waals surface area contributed by atoms with Crippen LogP contribution in [-0.4, -0.2) is 66.0 Å². The molecule has 4 rings (SSSR count). The summed E-state index contributed by atoms with van der Waals surface area (Å²) in [5.41, 5.74) is 1.71. The Balaban J connectivity index is 1.67. The van der Waals surface area contributed by atoms with Gasteiger partial charge in [0.05, 0.1) is 30.3 Å². The summed E-state index contributed by atoms with van der Waals surface area (Å²) in [5.74, 6) is -0.288. The van der Waals surface area contributed by atoms with Gasteiger partial charge in [0, 0.05) is 25.6 Å². The molecule has 2 aliphatic heterocycles. The molecule has 1 atom stereocenters. The van der Waals surface area contributed by atoms with Crippen LogP contribution in [0.4, 0.5) is 4.79 Å². The molecule has 0 aromatic heterocycles. The van der Waals surface area contributed by atoms with Crippen molar-refractivity contribution < 1.29 is 28.7 Å². The summed E-state index contributed by atoms with van der Waals surface area (Å²) in [6.45, 7) is 6.03. The standard InChI is InChI=1S/C28H33N3O6/c1-28(2,3)37-27(35)30-15-14-18-9-7-12-22(36-16-8-13-23(32)29-4)24(18)21(30)17-31-25(33)19-10-5-6-11-20(19)26(31)34/h5-7,9-12,21H,8,13-17H2,1-4H3,(H,29,32)/t21-/m1/s1. The smallest absolute Gasteiger partial charge is 0.410 e. The predicted molar refractivity (Wildman–Crippen MR) is 136 cm³/mol. The van der Waals surface area contributed by atoms with E-state index in [9.17, 15) is 19.2 Å². The van der Waals surface area contributed by atoms with Gasteiger partial charge in [-0.3, -0.25) is 24.2 Å². The molecule has 37 heavy (non-hydrogen) atoms. The number of hydrogen-bond acceptors (Lipinski definition) is 6. The Labute approximate surface area is 216 Å². The highest BCUT2D eigenvalue weighted by molar-refractivity contribution is 6.21. The zero-order valence-electron chi connectivity index (χ0n) is 21.7. The van der Waals surface area contributed by atoms with E-state index < -0.39 is 17.7 Å². The fourth-order valence-corrected chi connectivity index (χ4v) is 4.71. The second-order valence-electron chi connectivity index (χ2n) is 10.2. The van der Waals surface area contributed by atoms with Gasteiger partial charge in [-0.25, -0.2) is 4.79 Å². The molecule has 0 spiro atoms. The first kappa shape index (κ1) is 26.2. The quantitative estimate of drug-likeness (QED) is 0.452. The molecular weight excluding hydrogens is 474 g/mol. The van der Waals surface area contributed by atoms with Crippen molar-refractivity contribution in [2.24, 2.45) is 0 Å². The Morgan fingerprint density at radius 1 is 1.03 bits per heavy atom. The topological polar surface area (TPSA) is 105 Å². The molecule has 9 nitrogen and oxygen atoms in total. The van der Waals surface area contributed by atoms with E-state index in [1.54, 1.807) is 57.0 Å². The van der Waals surface area contributed by atoms with Crippen molar-refractivity contribution >= 4 is 23.8 Å². The molecule has 2 aromatic rings. The second-order valence-corrected chi connectivity index (χ2v) is 10.2. The van der Waals surface area contributed by atoms with Crippen LogP contribution in [0.25, 0.3) is 0 Å². The van der Waals surface area contributed by atoms with Crippen LogP contribution in [0.5, 0.6) is 5.75 Å². The number of rotatable bonds is 7. The molecule has 0 radical (unpaired) electrons. The lowest BCUT2D eigenvalue weighted by atomic mass is 9.91. The van der Waals surface area contributed by atoms with Crippen LogP contribution in [-0.2, 0) is 16.0 Å². The molecule has 196 valence electrons. The van der Waals surface area contributed by atoms with Gasteiger partial charge in [-0.05, 0) is 57.4 Å². The molecule has 2 aliphatic rings. The van der Waals surface area contributed by atoms with Crippen LogP contribution < -0.4 is 10.1 Å². The van der Waals surface area contributed by atoms with Crippen molar-refractivity contribution in [2.45, 2.75) is 51.7 Å². The molecule has 0 aliphatic carbocycles. The monoisotopic (exact) mass is 507 g/mol. The summed E-state index contributed by atoms with van der Waals surface area (Å²) in [7, 11) is 1.59. The largest absolute Gasteiger partial charge is 0.493 e. The minimum absolute atomic E-state index is 0.0306. The summed E-state index contributed by atoms with van der Waals surface area (Å²) < 4.78 is 11.8. The number of ether oxygens (including phenoxy) is 2. The predicted octanol–water partition coefficient (Wildman–Crippen LogP) is 3.72. The van der Waals surface area contributed by atoms with Gasteiger partial charge in [0.25, 0.3) is 11.8 Å². The number of hydrogen-bond donors (Lipinski definition) is 1. The number of nitrogens with one attached hydrogen (secondary N) is 1. The first-order valence-electron chi connectivity index (χ1n) is 12.5. The highest BCUT2D eigenvalue weighted by atomic mass is 16.6. The second kappa shape index (κ2) is 10.6. The van der Waals surface area contributed by atoms with E-state index in [-0.39, 0.29) is 24.3 Å². The van der Waals surface area contributed by atoms with Gasteiger partial charge in [0.1, 0.15) is 11.4 Å². The van der Waals surface area contributed by atoms with E-state index >= 15 is 0 Å². The Morgan fingerprint density at radius 2 is 1.70 bits per heavy atom. The van der Waals surface area contributed by atoms with Crippen LogP contribution >= 0.6 is 0 Å². The van der Waals surface area contributed by atoms with Crippen molar-refractivity contribution in [3.63, 3.8) is 0 Å². The fourth-order valence-electron chi connectivity index (χ4n) is 4.71. The SMILES string of the molecule is CNC(=O)CCCOc1cccc2c1[C@@H](CN1C(=O)c3ccccc3C1=O)N(C(=O)OC(C)(C)C)CC2. The third kappa shape index (κ3) is 5.60. The molecule has 0 fully saturated rings. The molecular formula is C28H33N3O6. The van der Waals surface area contributed by atoms with E-state index in [0.717, 1.165) is 11.1 Å². The number of nitrogens with zero attached hydrogens (tertiary/aromatic N) is 2. The lowest BCUT2D eigenvalue weighted by Crippen LogP contribution is -2.48. The normalized spacial score (nSPS) is 16.8. The summed E-state index contributed by atoms with van der Waals surface area (Å²) in [6.07, 6.45) is 0.896. The zero-order valence-corrected chi connectivity index (χ0v) is 21.7. The van der Waals surface area contributed by atoms with Gasteiger partial charge in [0.2, 0.25) is 5.91 Å². The zero-order chi connectivity index (χ0) is 26.7. The van der Waals surface area contributed by atoms with Crippen molar-refractivity contribution in [3.8, 4) is 5.75 Å². The third-order valence-corrected chi connectivity index (χ3v) is 6.43. The maximum Gasteiger partial charge on any atom is 0.410 e. The number of carbonyl (C=O) groups is 4. The molecule has 0 saturated carbocycles. The van der Waals surface area contributed by atoms with Gasteiger partial charge in [-0.1, -0.05) is 24.3 Å². The van der Waals surface area contributed by atoms with E-state index in [2.05, 4.69) is 5.32 Å². The average molecular weight is 508 g/mol. The van der Waals surface area contributed by atoms with Crippen molar-refractivity contribution in [3.05, 3.63) is 64.7 Å². The van der Waals surface area contributed by atoms with Crippen LogP contribution in [0.15, 0.2) is 42.5 Å². The number of carbonyl (C=O) groups excluding carboxylic acids is 4. The lowest BCUT2D eigenvalue weighted by Gasteiger charge is -2.40. The van der Waals surface area contributed by atoms with Gasteiger partial charge < -0.3 is 14.8 Å². The van der Waals surface area contributed by atoms with Crippen molar-refractivity contribution in [1.82, 2.24) is 15.1 Å². The number of fused-ring (bicyclic) bond motifs is 2. The van der Waals surface area contributed by atoms with Crippen LogP contribution in [0, 0.1) is 0 Å². The molecule has 9 heteroatoms. The average Bonchev–Trinajstić information content (AvgIpc) is 3.10. The maximum atomic E-state index is 13.3. The maximum absolute atomic E-state index is 13.3. The Hall–Kier alpha value is -3.88. The Kier molecular flexibility index (Phi) is 7.52. The first-order chi connectivity index (χ1) is 17.6. The minimum Gasteiger partial charge on any atom is -0.493 e. The number of imide groups is 1. The van der Waals surface area contributed by atoms with Gasteiger partial charge >= 0.3 is 6.09 Å². The Morgan fingerprint density at radius 3 is 2.32 bits per heavy atom. The molecule has 1 N–H and O–H groups in total. The van der Waals surface area contributed by atoms with Gasteiger partial charge in [-0.15, -0.1) is 0 Å². The minimum atomic E-state index is -0.715. The van der Waals surface area contributed by atoms with Crippen LogP contribution in [0.1, 0.15) is 71.5 Å². The van der Waals surface area contributed by atoms with Crippen molar-refractivity contribution in [1.29, 1.82) is 0 Å². The van der Waals surface area contributed by atoms with Crippen LogP contribution in [0.2, 0.25) is 0 Å². The summed E-state index contributed by atoms with van der Waals surface area (Å²) >= 11 is 0. The van der Waals surface area contributed by atoms with Crippen molar-refractivity contribution in [2.75, 3.05) is 26.7 Å².